The molecule has 1 unspecified atom stereocenters. The smallest absolute Gasteiger partial charge is 0.254 e. The second kappa shape index (κ2) is 6.68. The Bertz CT molecular complexity index is 1570. The summed E-state index contributed by atoms with van der Waals surface area (Å²) in [4.78, 5) is 24.3. The minimum atomic E-state index is -0.522. The van der Waals surface area contributed by atoms with Crippen molar-refractivity contribution in [3.8, 4) is 11.5 Å². The molecule has 1 saturated heterocycles. The van der Waals surface area contributed by atoms with Crippen LogP contribution in [0.3, 0.4) is 0 Å². The number of halogens is 2. The minimum Gasteiger partial charge on any atom is -0.335 e. The summed E-state index contributed by atoms with van der Waals surface area (Å²) in [5.41, 5.74) is 2.56. The Balaban J connectivity index is 1.23. The van der Waals surface area contributed by atoms with Gasteiger partial charge in [0.25, 0.3) is 5.91 Å². The minimum absolute atomic E-state index is 0.0848. The molecule has 8 heteroatoms. The van der Waals surface area contributed by atoms with Crippen LogP contribution in [0.4, 0.5) is 8.78 Å². The second-order valence-electron chi connectivity index (χ2n) is 11.0. The molecular weight excluding hydrogens is 448 g/mol. The van der Waals surface area contributed by atoms with Crippen molar-refractivity contribution in [2.24, 2.45) is 30.7 Å². The van der Waals surface area contributed by atoms with E-state index < -0.39 is 11.8 Å². The zero-order valence-corrected chi connectivity index (χ0v) is 19.4. The van der Waals surface area contributed by atoms with E-state index in [-0.39, 0.29) is 5.91 Å². The predicted octanol–water partition coefficient (Wildman–Crippen LogP) is 4.76. The van der Waals surface area contributed by atoms with Crippen molar-refractivity contribution < 1.29 is 13.6 Å². The molecule has 4 aromatic rings. The van der Waals surface area contributed by atoms with Crippen LogP contribution in [0, 0.1) is 35.4 Å². The Morgan fingerprint density at radius 2 is 1.94 bits per heavy atom. The summed E-state index contributed by atoms with van der Waals surface area (Å²) in [5, 5.41) is 0.827. The number of rotatable bonds is 4. The summed E-state index contributed by atoms with van der Waals surface area (Å²) in [6, 6.07) is 8.45. The van der Waals surface area contributed by atoms with Gasteiger partial charge in [-0.25, -0.2) is 14.4 Å². The van der Waals surface area contributed by atoms with Gasteiger partial charge in [0.1, 0.15) is 17.0 Å². The lowest BCUT2D eigenvalue weighted by atomic mass is 9.53. The third-order valence-corrected chi connectivity index (χ3v) is 9.02. The number of carbonyl (C=O) groups is 1. The molecule has 35 heavy (non-hydrogen) atoms. The zero-order valence-electron chi connectivity index (χ0n) is 19.4. The van der Waals surface area contributed by atoms with Crippen LogP contribution in [0.15, 0.2) is 30.3 Å². The molecule has 1 aliphatic heterocycles. The van der Waals surface area contributed by atoms with Gasteiger partial charge in [-0.1, -0.05) is 0 Å². The van der Waals surface area contributed by atoms with Crippen LogP contribution in [0.25, 0.3) is 33.6 Å². The molecular formula is C27H25F2N5O. The summed E-state index contributed by atoms with van der Waals surface area (Å²) in [6.07, 6.45) is 4.59. The van der Waals surface area contributed by atoms with Gasteiger partial charge in [-0.2, -0.15) is 4.39 Å². The Kier molecular flexibility index (Phi) is 3.81. The third-order valence-electron chi connectivity index (χ3n) is 9.02. The largest absolute Gasteiger partial charge is 0.335 e. The molecule has 0 N–H and O–H groups in total. The molecule has 0 radical (unpaired) electrons. The molecule has 4 atom stereocenters. The molecule has 3 aromatic heterocycles. The Morgan fingerprint density at radius 1 is 1.09 bits per heavy atom. The molecule has 4 heterocycles. The van der Waals surface area contributed by atoms with E-state index in [9.17, 15) is 9.18 Å². The van der Waals surface area contributed by atoms with Crippen molar-refractivity contribution in [1.29, 1.82) is 0 Å². The summed E-state index contributed by atoms with van der Waals surface area (Å²) >= 11 is 0. The highest BCUT2D eigenvalue weighted by atomic mass is 19.1. The van der Waals surface area contributed by atoms with Crippen LogP contribution < -0.4 is 0 Å². The fourth-order valence-corrected chi connectivity index (χ4v) is 7.05. The SMILES string of the molecule is Cn1c(-c2cc3ccc(F)nc3n2CC2CC2)nc2cc(C(=O)N3C[C@H]4CC5C[C@@H]3[C@H]54)cc(F)c21. The standard InChI is InChI=1S/C27H25F2N5O/c1-32-24-18(28)7-16(27(35)34-12-17-6-15-10-20(34)23(15)17)8-19(24)30-26(32)21-9-14-4-5-22(29)31-25(14)33(21)11-13-2-3-13/h4-5,7-9,13,15,17,20,23H,2-3,6,10-12H2,1H3/t15?,17-,20-,23-/m1/s1. The first kappa shape index (κ1) is 20.0. The molecule has 3 aliphatic carbocycles. The molecule has 6 nitrogen and oxygen atoms in total. The van der Waals surface area contributed by atoms with Crippen molar-refractivity contribution in [3.05, 3.63) is 47.7 Å². The van der Waals surface area contributed by atoms with Crippen LogP contribution in [0.5, 0.6) is 0 Å². The number of amides is 1. The predicted molar refractivity (Wildman–Crippen MR) is 127 cm³/mol. The van der Waals surface area contributed by atoms with E-state index in [1.54, 1.807) is 23.7 Å². The monoisotopic (exact) mass is 473 g/mol. The molecule has 8 rings (SSSR count). The van der Waals surface area contributed by atoms with Gasteiger partial charge >= 0.3 is 0 Å². The number of hydrogen-bond acceptors (Lipinski definition) is 3. The van der Waals surface area contributed by atoms with E-state index in [1.807, 2.05) is 15.5 Å². The highest BCUT2D eigenvalue weighted by Gasteiger charge is 2.61. The molecule has 1 amide bonds. The molecule has 4 fully saturated rings. The van der Waals surface area contributed by atoms with Gasteiger partial charge in [-0.05, 0) is 79.7 Å². The quantitative estimate of drug-likeness (QED) is 0.402. The number of hydrogen-bond donors (Lipinski definition) is 0. The van der Waals surface area contributed by atoms with Crippen molar-refractivity contribution in [3.63, 3.8) is 0 Å². The highest BCUT2D eigenvalue weighted by molar-refractivity contribution is 5.98. The topological polar surface area (TPSA) is 56.0 Å². The molecule has 4 aliphatic rings. The molecule has 1 aromatic carbocycles. The number of pyridine rings is 1. The van der Waals surface area contributed by atoms with E-state index in [2.05, 4.69) is 4.98 Å². The average Bonchev–Trinajstić information content (AvgIpc) is 3.48. The van der Waals surface area contributed by atoms with Crippen LogP contribution in [0.2, 0.25) is 0 Å². The zero-order chi connectivity index (χ0) is 23.6. The van der Waals surface area contributed by atoms with Crippen LogP contribution >= 0.6 is 0 Å². The number of nitrogens with zero attached hydrogens (tertiary/aromatic N) is 5. The fourth-order valence-electron chi connectivity index (χ4n) is 7.05. The first-order valence-electron chi connectivity index (χ1n) is 12.6. The van der Waals surface area contributed by atoms with Gasteiger partial charge in [-0.3, -0.25) is 4.79 Å². The highest BCUT2D eigenvalue weighted by Crippen LogP contribution is 2.60. The van der Waals surface area contributed by atoms with Crippen molar-refractivity contribution in [2.75, 3.05) is 6.54 Å². The molecule has 0 spiro atoms. The van der Waals surface area contributed by atoms with E-state index in [1.165, 1.54) is 18.6 Å². The first-order chi connectivity index (χ1) is 17.0. The van der Waals surface area contributed by atoms with Gasteiger partial charge in [0, 0.05) is 37.1 Å². The number of aryl methyl sites for hydroxylation is 1. The number of aromatic nitrogens is 4. The number of carbonyl (C=O) groups excluding carboxylic acids is 1. The van der Waals surface area contributed by atoms with Crippen molar-refractivity contribution in [1.82, 2.24) is 24.0 Å². The van der Waals surface area contributed by atoms with Gasteiger partial charge in [0.15, 0.2) is 5.82 Å². The Morgan fingerprint density at radius 3 is 2.71 bits per heavy atom. The second-order valence-corrected chi connectivity index (χ2v) is 11.0. The van der Waals surface area contributed by atoms with E-state index in [0.717, 1.165) is 49.4 Å². The average molecular weight is 474 g/mol. The van der Waals surface area contributed by atoms with Gasteiger partial charge in [0.05, 0.1) is 11.2 Å². The van der Waals surface area contributed by atoms with E-state index in [4.69, 9.17) is 4.98 Å². The normalized spacial score (nSPS) is 26.8. The Labute approximate surface area is 200 Å². The number of fused-ring (bicyclic) bond motifs is 2. The molecule has 0 bridgehead atoms. The summed E-state index contributed by atoms with van der Waals surface area (Å²) in [6.45, 7) is 1.52. The number of benzene rings is 1. The number of likely N-dealkylation sites (tertiary alicyclic amines) is 1. The first-order valence-corrected chi connectivity index (χ1v) is 12.6. The van der Waals surface area contributed by atoms with Gasteiger partial charge in [-0.15, -0.1) is 0 Å². The maximum Gasteiger partial charge on any atom is 0.254 e. The summed E-state index contributed by atoms with van der Waals surface area (Å²) in [7, 11) is 1.79. The fraction of sp³-hybridized carbons (Fsp3) is 0.444. The van der Waals surface area contributed by atoms with Crippen LogP contribution in [-0.4, -0.2) is 42.5 Å². The Hall–Kier alpha value is -3.29. The van der Waals surface area contributed by atoms with E-state index in [0.29, 0.717) is 51.9 Å². The molecule has 178 valence electrons. The van der Waals surface area contributed by atoms with Gasteiger partial charge in [0.2, 0.25) is 5.95 Å². The molecule has 3 saturated carbocycles. The lowest BCUT2D eigenvalue weighted by molar-refractivity contribution is -0.0204. The van der Waals surface area contributed by atoms with Crippen LogP contribution in [-0.2, 0) is 13.6 Å². The van der Waals surface area contributed by atoms with E-state index >= 15 is 4.39 Å². The summed E-state index contributed by atoms with van der Waals surface area (Å²) < 4.78 is 33.2. The van der Waals surface area contributed by atoms with Crippen molar-refractivity contribution >= 4 is 28.0 Å². The number of imidazole rings is 1. The van der Waals surface area contributed by atoms with Crippen molar-refractivity contribution in [2.45, 2.75) is 38.3 Å². The lowest BCUT2D eigenvalue weighted by Gasteiger charge is -2.52. The maximum atomic E-state index is 15.4. The van der Waals surface area contributed by atoms with Crippen LogP contribution in [0.1, 0.15) is 36.0 Å². The third kappa shape index (κ3) is 2.71. The summed E-state index contributed by atoms with van der Waals surface area (Å²) in [5.74, 6) is 2.16. The van der Waals surface area contributed by atoms with Gasteiger partial charge < -0.3 is 14.0 Å². The maximum absolute atomic E-state index is 15.4. The lowest BCUT2D eigenvalue weighted by Crippen LogP contribution is -2.53.